The Kier molecular flexibility index (Phi) is 1.98. The molecule has 0 bridgehead atoms. The van der Waals surface area contributed by atoms with Crippen molar-refractivity contribution >= 4 is 5.82 Å². The Hall–Kier alpha value is -2.17. The summed E-state index contributed by atoms with van der Waals surface area (Å²) in [6, 6.07) is 10.7. The van der Waals surface area contributed by atoms with Gasteiger partial charge >= 0.3 is 5.82 Å². The molecular formula is C9H7N3O2. The molecule has 1 aromatic carbocycles. The first-order chi connectivity index (χ1) is 6.77. The van der Waals surface area contributed by atoms with Crippen molar-refractivity contribution in [2.24, 2.45) is 0 Å². The Balaban J connectivity index is 2.39. The standard InChI is InChI=1S/C9H7N3O2/c13-12(14)9-6-8(10-11-9)7-4-2-1-3-5-7/h1-6H,(H,10,11). The molecule has 0 spiro atoms. The zero-order chi connectivity index (χ0) is 9.97. The third-order valence-corrected chi connectivity index (χ3v) is 1.83. The van der Waals surface area contributed by atoms with Crippen LogP contribution in [0, 0.1) is 10.1 Å². The van der Waals surface area contributed by atoms with Gasteiger partial charge in [-0.05, 0) is 4.92 Å². The summed E-state index contributed by atoms with van der Waals surface area (Å²) in [6.45, 7) is 0. The Morgan fingerprint density at radius 1 is 1.29 bits per heavy atom. The molecule has 0 radical (unpaired) electrons. The van der Waals surface area contributed by atoms with Crippen LogP contribution in [0.5, 0.6) is 0 Å². The van der Waals surface area contributed by atoms with Gasteiger partial charge in [-0.3, -0.25) is 0 Å². The lowest BCUT2D eigenvalue weighted by atomic mass is 10.2. The van der Waals surface area contributed by atoms with E-state index < -0.39 is 4.92 Å². The first kappa shape index (κ1) is 8.43. The summed E-state index contributed by atoms with van der Waals surface area (Å²) in [4.78, 5) is 9.88. The summed E-state index contributed by atoms with van der Waals surface area (Å²) in [5, 5.41) is 16.6. The number of aromatic amines is 1. The molecule has 2 rings (SSSR count). The lowest BCUT2D eigenvalue weighted by molar-refractivity contribution is -0.389. The number of H-pyrrole nitrogens is 1. The van der Waals surface area contributed by atoms with Crippen molar-refractivity contribution in [1.82, 2.24) is 10.2 Å². The summed E-state index contributed by atoms with van der Waals surface area (Å²) in [6.07, 6.45) is 0. The molecule has 14 heavy (non-hydrogen) atoms. The minimum absolute atomic E-state index is 0.0937. The Bertz CT molecular complexity index is 450. The normalized spacial score (nSPS) is 10.0. The van der Waals surface area contributed by atoms with E-state index >= 15 is 0 Å². The van der Waals surface area contributed by atoms with E-state index in [0.29, 0.717) is 5.69 Å². The molecule has 0 aliphatic heterocycles. The van der Waals surface area contributed by atoms with Gasteiger partial charge in [-0.25, -0.2) is 0 Å². The minimum Gasteiger partial charge on any atom is -0.358 e. The van der Waals surface area contributed by atoms with E-state index in [-0.39, 0.29) is 5.82 Å². The van der Waals surface area contributed by atoms with E-state index in [9.17, 15) is 10.1 Å². The smallest absolute Gasteiger partial charge is 0.343 e. The lowest BCUT2D eigenvalue weighted by Crippen LogP contribution is -1.86. The highest BCUT2D eigenvalue weighted by Gasteiger charge is 2.10. The van der Waals surface area contributed by atoms with Crippen LogP contribution in [0.4, 0.5) is 5.82 Å². The van der Waals surface area contributed by atoms with Gasteiger partial charge in [0, 0.05) is 5.56 Å². The van der Waals surface area contributed by atoms with Crippen molar-refractivity contribution < 1.29 is 4.92 Å². The fourth-order valence-electron chi connectivity index (χ4n) is 1.16. The fourth-order valence-corrected chi connectivity index (χ4v) is 1.16. The molecule has 0 aliphatic carbocycles. The monoisotopic (exact) mass is 189 g/mol. The second-order valence-corrected chi connectivity index (χ2v) is 2.76. The van der Waals surface area contributed by atoms with Crippen LogP contribution < -0.4 is 0 Å². The number of aromatic nitrogens is 2. The zero-order valence-corrected chi connectivity index (χ0v) is 7.18. The van der Waals surface area contributed by atoms with Crippen molar-refractivity contribution in [2.45, 2.75) is 0 Å². The molecule has 0 atom stereocenters. The number of rotatable bonds is 2. The van der Waals surface area contributed by atoms with Crippen LogP contribution in [0.25, 0.3) is 11.3 Å². The van der Waals surface area contributed by atoms with Gasteiger partial charge in [-0.15, -0.1) is 5.10 Å². The van der Waals surface area contributed by atoms with Crippen molar-refractivity contribution in [3.8, 4) is 11.3 Å². The van der Waals surface area contributed by atoms with E-state index in [2.05, 4.69) is 10.2 Å². The van der Waals surface area contributed by atoms with Crippen molar-refractivity contribution in [2.75, 3.05) is 0 Å². The molecule has 2 aromatic rings. The Morgan fingerprint density at radius 3 is 2.57 bits per heavy atom. The van der Waals surface area contributed by atoms with Gasteiger partial charge < -0.3 is 10.1 Å². The molecule has 1 aromatic heterocycles. The Morgan fingerprint density at radius 2 is 2.00 bits per heavy atom. The highest BCUT2D eigenvalue weighted by Crippen LogP contribution is 2.19. The third kappa shape index (κ3) is 1.47. The van der Waals surface area contributed by atoms with Crippen LogP contribution in [0.1, 0.15) is 0 Å². The van der Waals surface area contributed by atoms with E-state index in [4.69, 9.17) is 0 Å². The van der Waals surface area contributed by atoms with Gasteiger partial charge in [0.25, 0.3) is 0 Å². The molecule has 0 aliphatic rings. The van der Waals surface area contributed by atoms with Gasteiger partial charge in [0.2, 0.25) is 0 Å². The molecule has 0 saturated carbocycles. The van der Waals surface area contributed by atoms with E-state index in [0.717, 1.165) is 5.56 Å². The molecule has 1 N–H and O–H groups in total. The summed E-state index contributed by atoms with van der Waals surface area (Å²) in [5.41, 5.74) is 1.44. The minimum atomic E-state index is -0.501. The predicted molar refractivity (Wildman–Crippen MR) is 50.7 cm³/mol. The first-order valence-electron chi connectivity index (χ1n) is 4.02. The summed E-state index contributed by atoms with van der Waals surface area (Å²) in [5.74, 6) is -0.0937. The molecule has 0 saturated heterocycles. The SMILES string of the molecule is O=[N+]([O-])c1cc(-c2ccccc2)n[nH]1. The largest absolute Gasteiger partial charge is 0.358 e. The topological polar surface area (TPSA) is 71.8 Å². The molecule has 5 nitrogen and oxygen atoms in total. The average Bonchev–Trinajstić information content (AvgIpc) is 2.68. The van der Waals surface area contributed by atoms with Crippen molar-refractivity contribution in [3.63, 3.8) is 0 Å². The summed E-state index contributed by atoms with van der Waals surface area (Å²) >= 11 is 0. The quantitative estimate of drug-likeness (QED) is 0.580. The van der Waals surface area contributed by atoms with Crippen LogP contribution in [0.15, 0.2) is 36.4 Å². The molecule has 0 unspecified atom stereocenters. The molecule has 70 valence electrons. The lowest BCUT2D eigenvalue weighted by Gasteiger charge is -1.90. The number of benzene rings is 1. The van der Waals surface area contributed by atoms with Crippen LogP contribution in [-0.2, 0) is 0 Å². The van der Waals surface area contributed by atoms with E-state index in [1.165, 1.54) is 6.07 Å². The van der Waals surface area contributed by atoms with Gasteiger partial charge in [0.05, 0.1) is 6.07 Å². The fraction of sp³-hybridized carbons (Fsp3) is 0. The second kappa shape index (κ2) is 3.29. The molecule has 1 heterocycles. The predicted octanol–water partition coefficient (Wildman–Crippen LogP) is 1.98. The maximum atomic E-state index is 10.4. The van der Waals surface area contributed by atoms with Gasteiger partial charge in [0.15, 0.2) is 0 Å². The van der Waals surface area contributed by atoms with Crippen LogP contribution in [0.2, 0.25) is 0 Å². The highest BCUT2D eigenvalue weighted by atomic mass is 16.6. The molecule has 0 amide bonds. The van der Waals surface area contributed by atoms with Crippen LogP contribution in [0.3, 0.4) is 0 Å². The molecular weight excluding hydrogens is 182 g/mol. The third-order valence-electron chi connectivity index (χ3n) is 1.83. The van der Waals surface area contributed by atoms with Crippen LogP contribution in [-0.4, -0.2) is 15.1 Å². The maximum Gasteiger partial charge on any atom is 0.343 e. The first-order valence-corrected chi connectivity index (χ1v) is 4.02. The number of hydrogen-bond donors (Lipinski definition) is 1. The summed E-state index contributed by atoms with van der Waals surface area (Å²) < 4.78 is 0. The van der Waals surface area contributed by atoms with Gasteiger partial charge in [0.1, 0.15) is 5.69 Å². The maximum absolute atomic E-state index is 10.4. The van der Waals surface area contributed by atoms with Gasteiger partial charge in [-0.2, -0.15) is 0 Å². The van der Waals surface area contributed by atoms with Gasteiger partial charge in [-0.1, -0.05) is 35.4 Å². The Labute approximate surface area is 79.5 Å². The number of nitrogens with one attached hydrogen (secondary N) is 1. The van der Waals surface area contributed by atoms with E-state index in [1.807, 2.05) is 30.3 Å². The number of hydrogen-bond acceptors (Lipinski definition) is 3. The van der Waals surface area contributed by atoms with Crippen LogP contribution >= 0.6 is 0 Å². The summed E-state index contributed by atoms with van der Waals surface area (Å²) in [7, 11) is 0. The molecule has 5 heteroatoms. The molecule has 0 fully saturated rings. The zero-order valence-electron chi connectivity index (χ0n) is 7.18. The van der Waals surface area contributed by atoms with Crippen molar-refractivity contribution in [1.29, 1.82) is 0 Å². The average molecular weight is 189 g/mol. The second-order valence-electron chi connectivity index (χ2n) is 2.76. The highest BCUT2D eigenvalue weighted by molar-refractivity contribution is 5.60. The number of nitrogens with zero attached hydrogens (tertiary/aromatic N) is 2. The van der Waals surface area contributed by atoms with E-state index in [1.54, 1.807) is 0 Å². The van der Waals surface area contributed by atoms with Crippen molar-refractivity contribution in [3.05, 3.63) is 46.5 Å². The number of nitro groups is 1.